The van der Waals surface area contributed by atoms with Gasteiger partial charge in [-0.1, -0.05) is 0 Å². The highest BCUT2D eigenvalue weighted by Crippen LogP contribution is 2.28. The summed E-state index contributed by atoms with van der Waals surface area (Å²) >= 11 is 0. The standard InChI is InChI=1S/C9H15F3N2O2/c10-9(11,12)7(8(15)16)5-14-3-1-6(13)2-4-14/h6-7H,1-5,13H2,(H,15,16). The molecule has 1 aliphatic rings. The SMILES string of the molecule is NC1CCN(CC(C(=O)O)C(F)(F)F)CC1. The van der Waals surface area contributed by atoms with Crippen LogP contribution in [0.1, 0.15) is 12.8 Å². The van der Waals surface area contributed by atoms with Crippen molar-refractivity contribution in [2.75, 3.05) is 19.6 Å². The number of nitrogens with zero attached hydrogens (tertiary/aromatic N) is 1. The number of carbonyl (C=O) groups is 1. The Morgan fingerprint density at radius 3 is 2.31 bits per heavy atom. The number of hydrogen-bond acceptors (Lipinski definition) is 3. The second kappa shape index (κ2) is 5.01. The molecule has 1 saturated heterocycles. The van der Waals surface area contributed by atoms with Gasteiger partial charge in [0.05, 0.1) is 0 Å². The molecule has 4 nitrogen and oxygen atoms in total. The van der Waals surface area contributed by atoms with E-state index < -0.39 is 24.6 Å². The Kier molecular flexibility index (Phi) is 4.15. The minimum absolute atomic E-state index is 0.0189. The van der Waals surface area contributed by atoms with Gasteiger partial charge in [0.2, 0.25) is 0 Å². The number of aliphatic carboxylic acids is 1. The number of rotatable bonds is 3. The van der Waals surface area contributed by atoms with Crippen LogP contribution in [0.4, 0.5) is 13.2 Å². The Balaban J connectivity index is 2.53. The minimum atomic E-state index is -4.69. The smallest absolute Gasteiger partial charge is 0.403 e. The van der Waals surface area contributed by atoms with Crippen molar-refractivity contribution in [1.29, 1.82) is 0 Å². The molecule has 94 valence electrons. The second-order valence-corrected chi connectivity index (χ2v) is 4.07. The van der Waals surface area contributed by atoms with Crippen LogP contribution in [0, 0.1) is 5.92 Å². The molecule has 0 radical (unpaired) electrons. The van der Waals surface area contributed by atoms with Gasteiger partial charge >= 0.3 is 12.1 Å². The number of carboxylic acid groups (broad SMARTS) is 1. The largest absolute Gasteiger partial charge is 0.481 e. The molecule has 0 amide bonds. The van der Waals surface area contributed by atoms with Crippen molar-refractivity contribution in [2.45, 2.75) is 25.1 Å². The number of carboxylic acids is 1. The maximum atomic E-state index is 12.4. The fourth-order valence-electron chi connectivity index (χ4n) is 1.72. The number of halogens is 3. The van der Waals surface area contributed by atoms with Crippen LogP contribution in [0.5, 0.6) is 0 Å². The molecule has 1 heterocycles. The van der Waals surface area contributed by atoms with Crippen LogP contribution < -0.4 is 5.73 Å². The normalized spacial score (nSPS) is 22.0. The Morgan fingerprint density at radius 2 is 1.94 bits per heavy atom. The van der Waals surface area contributed by atoms with Gasteiger partial charge in [-0.2, -0.15) is 13.2 Å². The zero-order chi connectivity index (χ0) is 12.3. The number of piperidine rings is 1. The summed E-state index contributed by atoms with van der Waals surface area (Å²) in [6, 6.07) is 0.0189. The average molecular weight is 240 g/mol. The van der Waals surface area contributed by atoms with Gasteiger partial charge in [0.15, 0.2) is 5.92 Å². The zero-order valence-electron chi connectivity index (χ0n) is 8.70. The quantitative estimate of drug-likeness (QED) is 0.761. The van der Waals surface area contributed by atoms with Crippen molar-refractivity contribution in [2.24, 2.45) is 11.7 Å². The van der Waals surface area contributed by atoms with Gasteiger partial charge in [-0.05, 0) is 25.9 Å². The van der Waals surface area contributed by atoms with E-state index in [-0.39, 0.29) is 6.04 Å². The molecular weight excluding hydrogens is 225 g/mol. The van der Waals surface area contributed by atoms with Crippen molar-refractivity contribution < 1.29 is 23.1 Å². The lowest BCUT2D eigenvalue weighted by atomic mass is 10.0. The van der Waals surface area contributed by atoms with Crippen molar-refractivity contribution in [3.8, 4) is 0 Å². The highest BCUT2D eigenvalue weighted by Gasteiger charge is 2.46. The van der Waals surface area contributed by atoms with Crippen LogP contribution in [-0.2, 0) is 4.79 Å². The third-order valence-corrected chi connectivity index (χ3v) is 2.77. The fourth-order valence-corrected chi connectivity index (χ4v) is 1.72. The van der Waals surface area contributed by atoms with E-state index in [1.54, 1.807) is 0 Å². The topological polar surface area (TPSA) is 66.6 Å². The van der Waals surface area contributed by atoms with Crippen LogP contribution in [0.3, 0.4) is 0 Å². The second-order valence-electron chi connectivity index (χ2n) is 4.07. The number of hydrogen-bond donors (Lipinski definition) is 2. The molecule has 1 unspecified atom stereocenters. The van der Waals surface area contributed by atoms with Gasteiger partial charge in [0.1, 0.15) is 0 Å². The summed E-state index contributed by atoms with van der Waals surface area (Å²) in [5.41, 5.74) is 5.61. The van der Waals surface area contributed by atoms with Gasteiger partial charge in [-0.25, -0.2) is 0 Å². The summed E-state index contributed by atoms with van der Waals surface area (Å²) in [4.78, 5) is 12.0. The van der Waals surface area contributed by atoms with E-state index in [0.717, 1.165) is 0 Å². The predicted octanol–water partition coefficient (Wildman–Crippen LogP) is 0.673. The molecule has 0 aromatic carbocycles. The van der Waals surface area contributed by atoms with Crippen molar-refractivity contribution in [1.82, 2.24) is 4.90 Å². The van der Waals surface area contributed by atoms with E-state index in [1.165, 1.54) is 4.90 Å². The summed E-state index contributed by atoms with van der Waals surface area (Å²) in [6.07, 6.45) is -3.46. The summed E-state index contributed by atoms with van der Waals surface area (Å²) in [5.74, 6) is -4.12. The zero-order valence-corrected chi connectivity index (χ0v) is 8.70. The van der Waals surface area contributed by atoms with E-state index in [0.29, 0.717) is 25.9 Å². The van der Waals surface area contributed by atoms with Crippen LogP contribution in [0.25, 0.3) is 0 Å². The Hall–Kier alpha value is -0.820. The van der Waals surface area contributed by atoms with Crippen LogP contribution >= 0.6 is 0 Å². The molecule has 1 aliphatic heterocycles. The van der Waals surface area contributed by atoms with Gasteiger partial charge in [-0.3, -0.25) is 4.79 Å². The molecule has 16 heavy (non-hydrogen) atoms. The lowest BCUT2D eigenvalue weighted by Gasteiger charge is -2.32. The highest BCUT2D eigenvalue weighted by atomic mass is 19.4. The third kappa shape index (κ3) is 3.64. The van der Waals surface area contributed by atoms with Crippen molar-refractivity contribution >= 4 is 5.97 Å². The van der Waals surface area contributed by atoms with Crippen LogP contribution in [0.15, 0.2) is 0 Å². The summed E-state index contributed by atoms with van der Waals surface area (Å²) in [6.45, 7) is 0.383. The molecule has 0 aromatic heterocycles. The highest BCUT2D eigenvalue weighted by molar-refractivity contribution is 5.71. The molecule has 1 atom stereocenters. The number of alkyl halides is 3. The van der Waals surface area contributed by atoms with E-state index >= 15 is 0 Å². The molecule has 1 fully saturated rings. The van der Waals surface area contributed by atoms with E-state index in [9.17, 15) is 18.0 Å². The van der Waals surface area contributed by atoms with Crippen molar-refractivity contribution in [3.05, 3.63) is 0 Å². The molecule has 0 bridgehead atoms. The maximum absolute atomic E-state index is 12.4. The summed E-state index contributed by atoms with van der Waals surface area (Å²) in [5, 5.41) is 8.52. The number of likely N-dealkylation sites (tertiary alicyclic amines) is 1. The molecule has 3 N–H and O–H groups in total. The third-order valence-electron chi connectivity index (χ3n) is 2.77. The van der Waals surface area contributed by atoms with Crippen LogP contribution in [-0.4, -0.2) is 47.8 Å². The molecule has 0 spiro atoms. The molecule has 0 aliphatic carbocycles. The maximum Gasteiger partial charge on any atom is 0.403 e. The van der Waals surface area contributed by atoms with Gasteiger partial charge in [0.25, 0.3) is 0 Å². The van der Waals surface area contributed by atoms with Crippen LogP contribution in [0.2, 0.25) is 0 Å². The first kappa shape index (κ1) is 13.2. The Bertz CT molecular complexity index is 250. The first-order chi connectivity index (χ1) is 7.30. The summed E-state index contributed by atoms with van der Waals surface area (Å²) < 4.78 is 37.1. The van der Waals surface area contributed by atoms with Gasteiger partial charge in [0, 0.05) is 12.6 Å². The molecular formula is C9H15F3N2O2. The molecule has 7 heteroatoms. The van der Waals surface area contributed by atoms with E-state index in [2.05, 4.69) is 0 Å². The lowest BCUT2D eigenvalue weighted by Crippen LogP contribution is -2.46. The molecule has 0 aromatic rings. The summed E-state index contributed by atoms with van der Waals surface area (Å²) in [7, 11) is 0. The fraction of sp³-hybridized carbons (Fsp3) is 0.889. The first-order valence-corrected chi connectivity index (χ1v) is 5.08. The van der Waals surface area contributed by atoms with Gasteiger partial charge < -0.3 is 15.7 Å². The Morgan fingerprint density at radius 1 is 1.44 bits per heavy atom. The minimum Gasteiger partial charge on any atom is -0.481 e. The predicted molar refractivity (Wildman–Crippen MR) is 50.8 cm³/mol. The van der Waals surface area contributed by atoms with Gasteiger partial charge in [-0.15, -0.1) is 0 Å². The molecule has 1 rings (SSSR count). The lowest BCUT2D eigenvalue weighted by molar-refractivity contribution is -0.196. The molecule has 0 saturated carbocycles. The Labute approximate surface area is 91.2 Å². The monoisotopic (exact) mass is 240 g/mol. The number of nitrogens with two attached hydrogens (primary N) is 1. The van der Waals surface area contributed by atoms with Crippen molar-refractivity contribution in [3.63, 3.8) is 0 Å². The first-order valence-electron chi connectivity index (χ1n) is 5.08. The average Bonchev–Trinajstić information content (AvgIpc) is 2.14. The van der Waals surface area contributed by atoms with E-state index in [4.69, 9.17) is 10.8 Å². The van der Waals surface area contributed by atoms with E-state index in [1.807, 2.05) is 0 Å².